The Morgan fingerprint density at radius 2 is 1.94 bits per heavy atom. The number of carbonyl (C=O) groups is 1. The van der Waals surface area contributed by atoms with E-state index in [2.05, 4.69) is 31.6 Å². The maximum atomic E-state index is 12.3. The molecule has 3 aromatic heterocycles. The molecular formula is C24H24N8O2S. The molecule has 1 saturated heterocycles. The first-order valence-corrected chi connectivity index (χ1v) is 11.9. The topological polar surface area (TPSA) is 147 Å². The second-order valence-electron chi connectivity index (χ2n) is 7.69. The first-order chi connectivity index (χ1) is 17.1. The van der Waals surface area contributed by atoms with Crippen molar-refractivity contribution in [3.63, 3.8) is 0 Å². The van der Waals surface area contributed by atoms with Crippen molar-refractivity contribution < 1.29 is 9.21 Å². The molecule has 0 aliphatic carbocycles. The van der Waals surface area contributed by atoms with Gasteiger partial charge < -0.3 is 20.4 Å². The highest BCUT2D eigenvalue weighted by Gasteiger charge is 2.19. The zero-order valence-electron chi connectivity index (χ0n) is 19.1. The first-order valence-electron chi connectivity index (χ1n) is 11.0. The van der Waals surface area contributed by atoms with E-state index in [0.29, 0.717) is 29.3 Å². The highest BCUT2D eigenvalue weighted by molar-refractivity contribution is 7.13. The molecule has 0 radical (unpaired) electrons. The fourth-order valence-electron chi connectivity index (χ4n) is 3.50. The Hall–Kier alpha value is -4.14. The van der Waals surface area contributed by atoms with Gasteiger partial charge in [0.2, 0.25) is 0 Å². The zero-order valence-corrected chi connectivity index (χ0v) is 20.0. The number of benzene rings is 1. The summed E-state index contributed by atoms with van der Waals surface area (Å²) in [7, 11) is 0. The summed E-state index contributed by atoms with van der Waals surface area (Å²) >= 11 is 1.55. The standard InChI is InChI=1S/C13H15N3O.C11H9N5OS/c14-10-11-4-1-2-5-12(11)13(17)16-8-3-6-15-7-9-16;1-6-2-5-18-8(6)11-16-15-10(17-11)7-9(12)14-4-3-13-7/h1-2,4-5,15H,3,6-9H2;2-5H,1H3,(H2,12,14). The van der Waals surface area contributed by atoms with Crippen molar-refractivity contribution >= 4 is 23.1 Å². The maximum absolute atomic E-state index is 12.3. The van der Waals surface area contributed by atoms with Crippen LogP contribution in [0.4, 0.5) is 5.82 Å². The van der Waals surface area contributed by atoms with Gasteiger partial charge in [-0.05, 0) is 49.0 Å². The van der Waals surface area contributed by atoms with E-state index in [1.807, 2.05) is 23.3 Å². The molecule has 4 aromatic rings. The largest absolute Gasteiger partial charge is 0.414 e. The smallest absolute Gasteiger partial charge is 0.270 e. The minimum absolute atomic E-state index is 0.0362. The minimum atomic E-state index is -0.0362. The number of carbonyl (C=O) groups excluding carboxylic acids is 1. The number of nitrogens with zero attached hydrogens (tertiary/aromatic N) is 6. The highest BCUT2D eigenvalue weighted by Crippen LogP contribution is 2.30. The van der Waals surface area contributed by atoms with Gasteiger partial charge >= 0.3 is 0 Å². The second kappa shape index (κ2) is 11.3. The summed E-state index contributed by atoms with van der Waals surface area (Å²) in [4.78, 5) is 23.1. The quantitative estimate of drug-likeness (QED) is 0.444. The fourth-order valence-corrected chi connectivity index (χ4v) is 4.35. The van der Waals surface area contributed by atoms with Gasteiger partial charge in [0.1, 0.15) is 0 Å². The third-order valence-electron chi connectivity index (χ3n) is 5.32. The lowest BCUT2D eigenvalue weighted by Crippen LogP contribution is -2.34. The van der Waals surface area contributed by atoms with Crippen molar-refractivity contribution in [3.8, 4) is 28.4 Å². The molecule has 0 saturated carbocycles. The Morgan fingerprint density at radius 3 is 2.71 bits per heavy atom. The van der Waals surface area contributed by atoms with E-state index in [1.165, 1.54) is 12.4 Å². The van der Waals surface area contributed by atoms with E-state index in [9.17, 15) is 4.79 Å². The number of aryl methyl sites for hydroxylation is 1. The summed E-state index contributed by atoms with van der Waals surface area (Å²) in [6, 6.07) is 11.0. The van der Waals surface area contributed by atoms with Crippen LogP contribution in [-0.2, 0) is 0 Å². The Bertz CT molecular complexity index is 1340. The molecule has 0 unspecified atom stereocenters. The molecule has 1 amide bonds. The summed E-state index contributed by atoms with van der Waals surface area (Å²) in [6.07, 6.45) is 4.01. The van der Waals surface area contributed by atoms with Crippen LogP contribution in [-0.4, -0.2) is 57.2 Å². The van der Waals surface area contributed by atoms with Crippen LogP contribution in [0, 0.1) is 18.3 Å². The van der Waals surface area contributed by atoms with E-state index in [1.54, 1.807) is 35.6 Å². The molecule has 10 nitrogen and oxygen atoms in total. The van der Waals surface area contributed by atoms with Gasteiger partial charge in [0.05, 0.1) is 22.1 Å². The number of thiophene rings is 1. The summed E-state index contributed by atoms with van der Waals surface area (Å²) in [5.74, 6) is 0.993. The van der Waals surface area contributed by atoms with Crippen molar-refractivity contribution in [1.29, 1.82) is 5.26 Å². The van der Waals surface area contributed by atoms with Gasteiger partial charge in [-0.3, -0.25) is 4.79 Å². The van der Waals surface area contributed by atoms with Gasteiger partial charge in [0.25, 0.3) is 17.7 Å². The van der Waals surface area contributed by atoms with E-state index in [4.69, 9.17) is 15.4 Å². The minimum Gasteiger partial charge on any atom is -0.414 e. The molecular weight excluding hydrogens is 464 g/mol. The van der Waals surface area contributed by atoms with Gasteiger partial charge in [-0.1, -0.05) is 12.1 Å². The molecule has 1 aliphatic rings. The molecule has 35 heavy (non-hydrogen) atoms. The number of anilines is 1. The summed E-state index contributed by atoms with van der Waals surface area (Å²) in [5.41, 5.74) is 8.18. The maximum Gasteiger partial charge on any atom is 0.270 e. The average Bonchev–Trinajstić information content (AvgIpc) is 3.45. The monoisotopic (exact) mass is 488 g/mol. The third kappa shape index (κ3) is 5.68. The third-order valence-corrected chi connectivity index (χ3v) is 6.32. The number of amides is 1. The lowest BCUT2D eigenvalue weighted by molar-refractivity contribution is 0.0766. The average molecular weight is 489 g/mol. The number of nitrogens with one attached hydrogen (secondary N) is 1. The summed E-state index contributed by atoms with van der Waals surface area (Å²) in [6.45, 7) is 5.22. The predicted octanol–water partition coefficient (Wildman–Crippen LogP) is 3.14. The van der Waals surface area contributed by atoms with Crippen LogP contribution in [0.2, 0.25) is 0 Å². The summed E-state index contributed by atoms with van der Waals surface area (Å²) in [5, 5.41) is 22.2. The molecule has 5 rings (SSSR count). The van der Waals surface area contributed by atoms with Crippen LogP contribution in [0.5, 0.6) is 0 Å². The van der Waals surface area contributed by atoms with Crippen molar-refractivity contribution in [2.24, 2.45) is 0 Å². The van der Waals surface area contributed by atoms with Gasteiger partial charge in [-0.15, -0.1) is 21.5 Å². The van der Waals surface area contributed by atoms with Crippen LogP contribution < -0.4 is 11.1 Å². The molecule has 1 aliphatic heterocycles. The molecule has 178 valence electrons. The van der Waals surface area contributed by atoms with Crippen LogP contribution >= 0.6 is 11.3 Å². The normalized spacial score (nSPS) is 13.3. The lowest BCUT2D eigenvalue weighted by atomic mass is 10.1. The Balaban J connectivity index is 0.000000165. The number of rotatable bonds is 3. The van der Waals surface area contributed by atoms with Crippen LogP contribution in [0.1, 0.15) is 27.9 Å². The van der Waals surface area contributed by atoms with E-state index in [-0.39, 0.29) is 17.6 Å². The van der Waals surface area contributed by atoms with Gasteiger partial charge in [-0.25, -0.2) is 9.97 Å². The lowest BCUT2D eigenvalue weighted by Gasteiger charge is -2.20. The number of hydrogen-bond donors (Lipinski definition) is 2. The number of nitrogens with two attached hydrogens (primary N) is 1. The summed E-state index contributed by atoms with van der Waals surface area (Å²) < 4.78 is 5.58. The van der Waals surface area contributed by atoms with Crippen LogP contribution in [0.25, 0.3) is 22.4 Å². The Labute approximate surface area is 206 Å². The number of nitrogen functional groups attached to an aromatic ring is 1. The van der Waals surface area contributed by atoms with E-state index < -0.39 is 0 Å². The first kappa shape index (κ1) is 24.0. The van der Waals surface area contributed by atoms with E-state index >= 15 is 0 Å². The molecule has 1 aromatic carbocycles. The van der Waals surface area contributed by atoms with Crippen LogP contribution in [0.15, 0.2) is 52.5 Å². The zero-order chi connectivity index (χ0) is 24.6. The van der Waals surface area contributed by atoms with Gasteiger partial charge in [-0.2, -0.15) is 5.26 Å². The molecule has 1 fully saturated rings. The molecule has 4 heterocycles. The van der Waals surface area contributed by atoms with Gasteiger partial charge in [0.15, 0.2) is 11.5 Å². The van der Waals surface area contributed by atoms with Crippen molar-refractivity contribution in [1.82, 2.24) is 30.4 Å². The molecule has 11 heteroatoms. The highest BCUT2D eigenvalue weighted by atomic mass is 32.1. The van der Waals surface area contributed by atoms with Crippen molar-refractivity contribution in [3.05, 3.63) is 64.8 Å². The number of hydrogen-bond acceptors (Lipinski definition) is 10. The molecule has 0 atom stereocenters. The number of aromatic nitrogens is 4. The SMILES string of the molecule is Cc1ccsc1-c1nnc(-c2nccnc2N)o1.N#Cc1ccccc1C(=O)N1CCCNCC1. The molecule has 3 N–H and O–H groups in total. The van der Waals surface area contributed by atoms with Crippen molar-refractivity contribution in [2.45, 2.75) is 13.3 Å². The Morgan fingerprint density at radius 1 is 1.14 bits per heavy atom. The van der Waals surface area contributed by atoms with Gasteiger partial charge in [0, 0.05) is 32.0 Å². The fraction of sp³-hybridized carbons (Fsp3) is 0.250. The van der Waals surface area contributed by atoms with Crippen molar-refractivity contribution in [2.75, 3.05) is 31.9 Å². The Kier molecular flexibility index (Phi) is 7.77. The predicted molar refractivity (Wildman–Crippen MR) is 132 cm³/mol. The van der Waals surface area contributed by atoms with Crippen LogP contribution in [0.3, 0.4) is 0 Å². The van der Waals surface area contributed by atoms with E-state index in [0.717, 1.165) is 36.5 Å². The molecule has 0 bridgehead atoms. The second-order valence-corrected chi connectivity index (χ2v) is 8.60. The number of nitriles is 1. The molecule has 0 spiro atoms.